The third kappa shape index (κ3) is 5.11. The third-order valence-electron chi connectivity index (χ3n) is 4.29. The molecule has 1 aliphatic heterocycles. The molecule has 0 aliphatic carbocycles. The van der Waals surface area contributed by atoms with E-state index >= 15 is 0 Å². The topological polar surface area (TPSA) is 41.6 Å². The molecule has 0 aromatic heterocycles. The largest absolute Gasteiger partial charge is 0.383 e. The minimum atomic E-state index is 0.0862. The summed E-state index contributed by atoms with van der Waals surface area (Å²) in [6.07, 6.45) is 1.88. The number of ether oxygens (including phenoxy) is 1. The Morgan fingerprint density at radius 1 is 1.32 bits per heavy atom. The van der Waals surface area contributed by atoms with E-state index in [0.29, 0.717) is 6.61 Å². The van der Waals surface area contributed by atoms with Crippen LogP contribution >= 0.6 is 0 Å². The van der Waals surface area contributed by atoms with Crippen LogP contribution in [0.25, 0.3) is 0 Å². The van der Waals surface area contributed by atoms with E-state index in [1.165, 1.54) is 11.1 Å². The molecule has 1 aromatic carbocycles. The molecule has 0 saturated carbocycles. The van der Waals surface area contributed by atoms with Crippen molar-refractivity contribution in [2.45, 2.75) is 39.3 Å². The van der Waals surface area contributed by atoms with Crippen LogP contribution in [0.15, 0.2) is 24.3 Å². The quantitative estimate of drug-likeness (QED) is 0.877. The monoisotopic (exact) mass is 304 g/mol. The number of piperidine rings is 1. The lowest BCUT2D eigenvalue weighted by Gasteiger charge is -2.31. The third-order valence-corrected chi connectivity index (χ3v) is 4.29. The number of hydrogen-bond donors (Lipinski definition) is 1. The summed E-state index contributed by atoms with van der Waals surface area (Å²) < 4.78 is 5.06. The highest BCUT2D eigenvalue weighted by Gasteiger charge is 2.25. The van der Waals surface area contributed by atoms with E-state index in [0.717, 1.165) is 32.5 Å². The molecule has 4 heteroatoms. The van der Waals surface area contributed by atoms with Crippen LogP contribution < -0.4 is 5.32 Å². The highest BCUT2D eigenvalue weighted by molar-refractivity contribution is 5.79. The summed E-state index contributed by atoms with van der Waals surface area (Å²) in [5, 5.41) is 3.04. The van der Waals surface area contributed by atoms with Gasteiger partial charge in [-0.25, -0.2) is 0 Å². The van der Waals surface area contributed by atoms with Crippen molar-refractivity contribution in [2.75, 3.05) is 26.8 Å². The Balaban J connectivity index is 1.75. The maximum Gasteiger partial charge on any atom is 0.223 e. The Hall–Kier alpha value is -1.39. The molecule has 0 bridgehead atoms. The highest BCUT2D eigenvalue weighted by Crippen LogP contribution is 2.19. The summed E-state index contributed by atoms with van der Waals surface area (Å²) in [6, 6.07) is 8.80. The maximum absolute atomic E-state index is 12.2. The molecule has 1 saturated heterocycles. The Morgan fingerprint density at radius 3 is 2.55 bits per heavy atom. The van der Waals surface area contributed by atoms with Crippen LogP contribution in [-0.2, 0) is 16.1 Å². The predicted molar refractivity (Wildman–Crippen MR) is 88.7 cm³/mol. The first-order valence-electron chi connectivity index (χ1n) is 8.15. The molecule has 1 amide bonds. The first kappa shape index (κ1) is 17.0. The second-order valence-corrected chi connectivity index (χ2v) is 6.40. The number of hydrogen-bond acceptors (Lipinski definition) is 3. The van der Waals surface area contributed by atoms with Crippen molar-refractivity contribution in [3.63, 3.8) is 0 Å². The number of carbonyl (C=O) groups is 1. The Morgan fingerprint density at radius 2 is 1.95 bits per heavy atom. The zero-order chi connectivity index (χ0) is 15.9. The van der Waals surface area contributed by atoms with Gasteiger partial charge in [0.25, 0.3) is 0 Å². The Labute approximate surface area is 133 Å². The standard InChI is InChI=1S/C18H28N2O2/c1-14-4-6-16(7-5-14)12-20-10-8-17(9-11-20)18(21)19-15(2)13-22-3/h4-7,15,17H,8-13H2,1-3H3,(H,19,21)/t15-/m0/s1. The van der Waals surface area contributed by atoms with E-state index in [9.17, 15) is 4.79 Å². The molecule has 1 heterocycles. The average Bonchev–Trinajstić information content (AvgIpc) is 2.50. The Kier molecular flexibility index (Phi) is 6.40. The molecule has 2 rings (SSSR count). The van der Waals surface area contributed by atoms with Gasteiger partial charge in [0.1, 0.15) is 0 Å². The SMILES string of the molecule is COC[C@H](C)NC(=O)C1CCN(Cc2ccc(C)cc2)CC1. The normalized spacial score (nSPS) is 18.1. The van der Waals surface area contributed by atoms with Crippen LogP contribution in [0.1, 0.15) is 30.9 Å². The lowest BCUT2D eigenvalue weighted by Crippen LogP contribution is -2.44. The molecular formula is C18H28N2O2. The van der Waals surface area contributed by atoms with Gasteiger partial charge in [-0.15, -0.1) is 0 Å². The van der Waals surface area contributed by atoms with Crippen molar-refractivity contribution in [1.82, 2.24) is 10.2 Å². The first-order chi connectivity index (χ1) is 10.6. The fraction of sp³-hybridized carbons (Fsp3) is 0.611. The molecule has 0 unspecified atom stereocenters. The number of nitrogens with one attached hydrogen (secondary N) is 1. The van der Waals surface area contributed by atoms with E-state index in [2.05, 4.69) is 41.4 Å². The van der Waals surface area contributed by atoms with Gasteiger partial charge in [-0.1, -0.05) is 29.8 Å². The molecule has 0 spiro atoms. The summed E-state index contributed by atoms with van der Waals surface area (Å²) in [5.74, 6) is 0.327. The molecule has 1 aliphatic rings. The molecule has 1 aromatic rings. The van der Waals surface area contributed by atoms with Crippen molar-refractivity contribution < 1.29 is 9.53 Å². The van der Waals surface area contributed by atoms with E-state index in [1.54, 1.807) is 7.11 Å². The van der Waals surface area contributed by atoms with Crippen LogP contribution in [0, 0.1) is 12.8 Å². The second-order valence-electron chi connectivity index (χ2n) is 6.40. The minimum absolute atomic E-state index is 0.0862. The summed E-state index contributed by atoms with van der Waals surface area (Å²) in [5.41, 5.74) is 2.64. The van der Waals surface area contributed by atoms with Crippen LogP contribution in [0.4, 0.5) is 0 Å². The molecule has 1 atom stereocenters. The van der Waals surface area contributed by atoms with Gasteiger partial charge in [0.2, 0.25) is 5.91 Å². The number of aryl methyl sites for hydroxylation is 1. The number of benzene rings is 1. The van der Waals surface area contributed by atoms with Gasteiger partial charge in [0.05, 0.1) is 6.61 Å². The van der Waals surface area contributed by atoms with Gasteiger partial charge < -0.3 is 10.1 Å². The predicted octanol–water partition coefficient (Wildman–Crippen LogP) is 2.36. The second kappa shape index (κ2) is 8.30. The van der Waals surface area contributed by atoms with Gasteiger partial charge in [-0.3, -0.25) is 9.69 Å². The number of carbonyl (C=O) groups excluding carboxylic acids is 1. The van der Waals surface area contributed by atoms with Gasteiger partial charge in [0.15, 0.2) is 0 Å². The number of rotatable bonds is 6. The van der Waals surface area contributed by atoms with Crippen molar-refractivity contribution in [2.24, 2.45) is 5.92 Å². The fourth-order valence-electron chi connectivity index (χ4n) is 2.96. The lowest BCUT2D eigenvalue weighted by atomic mass is 9.95. The van der Waals surface area contributed by atoms with Crippen molar-refractivity contribution in [3.8, 4) is 0 Å². The van der Waals surface area contributed by atoms with E-state index in [1.807, 2.05) is 6.92 Å². The lowest BCUT2D eigenvalue weighted by molar-refractivity contribution is -0.127. The average molecular weight is 304 g/mol. The molecule has 22 heavy (non-hydrogen) atoms. The smallest absolute Gasteiger partial charge is 0.223 e. The summed E-state index contributed by atoms with van der Waals surface area (Å²) in [6.45, 7) is 7.62. The first-order valence-corrected chi connectivity index (χ1v) is 8.15. The van der Waals surface area contributed by atoms with Crippen molar-refractivity contribution >= 4 is 5.91 Å². The molecular weight excluding hydrogens is 276 g/mol. The molecule has 1 fully saturated rings. The molecule has 0 radical (unpaired) electrons. The van der Waals surface area contributed by atoms with Crippen LogP contribution in [-0.4, -0.2) is 43.7 Å². The van der Waals surface area contributed by atoms with Gasteiger partial charge in [-0.05, 0) is 45.3 Å². The summed E-state index contributed by atoms with van der Waals surface area (Å²) in [7, 11) is 1.66. The van der Waals surface area contributed by atoms with Crippen LogP contribution in [0.5, 0.6) is 0 Å². The zero-order valence-electron chi connectivity index (χ0n) is 14.0. The number of nitrogens with zero attached hydrogens (tertiary/aromatic N) is 1. The van der Waals surface area contributed by atoms with Gasteiger partial charge in [-0.2, -0.15) is 0 Å². The molecule has 1 N–H and O–H groups in total. The fourth-order valence-corrected chi connectivity index (χ4v) is 2.96. The van der Waals surface area contributed by atoms with Crippen molar-refractivity contribution in [1.29, 1.82) is 0 Å². The molecule has 4 nitrogen and oxygen atoms in total. The Bertz CT molecular complexity index is 464. The maximum atomic E-state index is 12.2. The number of methoxy groups -OCH3 is 1. The van der Waals surface area contributed by atoms with Crippen molar-refractivity contribution in [3.05, 3.63) is 35.4 Å². The highest BCUT2D eigenvalue weighted by atomic mass is 16.5. The number of amides is 1. The van der Waals surface area contributed by atoms with E-state index in [-0.39, 0.29) is 17.9 Å². The van der Waals surface area contributed by atoms with Gasteiger partial charge >= 0.3 is 0 Å². The van der Waals surface area contributed by atoms with Gasteiger partial charge in [0, 0.05) is 25.6 Å². The van der Waals surface area contributed by atoms with E-state index in [4.69, 9.17) is 4.74 Å². The van der Waals surface area contributed by atoms with Crippen LogP contribution in [0.2, 0.25) is 0 Å². The van der Waals surface area contributed by atoms with Crippen LogP contribution in [0.3, 0.4) is 0 Å². The zero-order valence-corrected chi connectivity index (χ0v) is 14.0. The molecule has 122 valence electrons. The number of likely N-dealkylation sites (tertiary alicyclic amines) is 1. The van der Waals surface area contributed by atoms with E-state index < -0.39 is 0 Å². The summed E-state index contributed by atoms with van der Waals surface area (Å²) >= 11 is 0. The minimum Gasteiger partial charge on any atom is -0.383 e. The summed E-state index contributed by atoms with van der Waals surface area (Å²) in [4.78, 5) is 14.6.